The van der Waals surface area contributed by atoms with Crippen LogP contribution in [-0.2, 0) is 16.0 Å². The number of carbonyl (C=O) groups is 2. The summed E-state index contributed by atoms with van der Waals surface area (Å²) in [6.45, 7) is 5.95. The minimum atomic E-state index is -0.840. The molecular formula is C19H27FN2O2. The van der Waals surface area contributed by atoms with Gasteiger partial charge in [0.05, 0.1) is 0 Å². The molecule has 0 unspecified atom stereocenters. The van der Waals surface area contributed by atoms with Gasteiger partial charge >= 0.3 is 0 Å². The van der Waals surface area contributed by atoms with E-state index in [1.165, 1.54) is 12.1 Å². The molecular weight excluding hydrogens is 307 g/mol. The van der Waals surface area contributed by atoms with Crippen LogP contribution in [0.15, 0.2) is 24.3 Å². The quantitative estimate of drug-likeness (QED) is 0.706. The molecule has 1 aromatic carbocycles. The molecule has 2 amide bonds. The Kier molecular flexibility index (Phi) is 6.35. The molecule has 0 saturated heterocycles. The fourth-order valence-corrected chi connectivity index (χ4v) is 2.96. The van der Waals surface area contributed by atoms with Crippen LogP contribution in [0.3, 0.4) is 0 Å². The summed E-state index contributed by atoms with van der Waals surface area (Å²) in [5.41, 5.74) is 0.124. The fraction of sp³-hybridized carbons (Fsp3) is 0.579. The van der Waals surface area contributed by atoms with Gasteiger partial charge in [0.2, 0.25) is 11.8 Å². The van der Waals surface area contributed by atoms with Gasteiger partial charge in [0.25, 0.3) is 0 Å². The first-order chi connectivity index (χ1) is 11.5. The fourth-order valence-electron chi connectivity index (χ4n) is 2.96. The monoisotopic (exact) mass is 334 g/mol. The first kappa shape index (κ1) is 18.4. The lowest BCUT2D eigenvalue weighted by Crippen LogP contribution is -2.46. The minimum absolute atomic E-state index is 0.0227. The van der Waals surface area contributed by atoms with Crippen LogP contribution in [0.5, 0.6) is 0 Å². The maximum absolute atomic E-state index is 12.9. The number of carbonyl (C=O) groups excluding carboxylic acids is 2. The Labute approximate surface area is 143 Å². The molecule has 0 spiro atoms. The van der Waals surface area contributed by atoms with Crippen molar-refractivity contribution in [3.8, 4) is 0 Å². The molecule has 4 nitrogen and oxygen atoms in total. The van der Waals surface area contributed by atoms with Gasteiger partial charge in [-0.15, -0.1) is 0 Å². The molecule has 0 radical (unpaired) electrons. The van der Waals surface area contributed by atoms with Gasteiger partial charge in [0.15, 0.2) is 0 Å². The Morgan fingerprint density at radius 1 is 1.12 bits per heavy atom. The van der Waals surface area contributed by atoms with Crippen molar-refractivity contribution in [1.82, 2.24) is 10.2 Å². The molecule has 132 valence electrons. The molecule has 1 N–H and O–H groups in total. The highest BCUT2D eigenvalue weighted by Crippen LogP contribution is 2.47. The number of nitrogens with one attached hydrogen (secondary N) is 1. The second-order valence-corrected chi connectivity index (χ2v) is 6.51. The molecule has 0 atom stereocenters. The van der Waals surface area contributed by atoms with Gasteiger partial charge in [-0.1, -0.05) is 26.0 Å². The van der Waals surface area contributed by atoms with Crippen molar-refractivity contribution in [1.29, 1.82) is 0 Å². The van der Waals surface area contributed by atoms with E-state index in [1.807, 2.05) is 18.7 Å². The predicted molar refractivity (Wildman–Crippen MR) is 91.9 cm³/mol. The summed E-state index contributed by atoms with van der Waals surface area (Å²) in [5.74, 6) is -0.449. The van der Waals surface area contributed by atoms with E-state index in [0.29, 0.717) is 38.9 Å². The van der Waals surface area contributed by atoms with Crippen LogP contribution < -0.4 is 5.32 Å². The van der Waals surface area contributed by atoms with Crippen LogP contribution in [0.25, 0.3) is 0 Å². The van der Waals surface area contributed by atoms with E-state index in [-0.39, 0.29) is 17.6 Å². The normalized spacial score (nSPS) is 15.0. The molecule has 1 aromatic rings. The predicted octanol–water partition coefficient (Wildman–Crippen LogP) is 2.91. The van der Waals surface area contributed by atoms with Gasteiger partial charge in [0, 0.05) is 19.6 Å². The maximum atomic E-state index is 12.9. The Hall–Kier alpha value is -1.91. The largest absolute Gasteiger partial charge is 0.355 e. The van der Waals surface area contributed by atoms with Crippen molar-refractivity contribution in [3.63, 3.8) is 0 Å². The molecule has 0 bridgehead atoms. The number of hydrogen-bond acceptors (Lipinski definition) is 2. The van der Waals surface area contributed by atoms with Gasteiger partial charge in [-0.05, 0) is 49.8 Å². The third-order valence-corrected chi connectivity index (χ3v) is 4.48. The summed E-state index contributed by atoms with van der Waals surface area (Å²) in [4.78, 5) is 27.1. The van der Waals surface area contributed by atoms with E-state index < -0.39 is 5.41 Å². The topological polar surface area (TPSA) is 49.4 Å². The maximum Gasteiger partial charge on any atom is 0.238 e. The highest BCUT2D eigenvalue weighted by atomic mass is 19.1. The Morgan fingerprint density at radius 3 is 2.21 bits per heavy atom. The number of rotatable bonds is 9. The first-order valence-electron chi connectivity index (χ1n) is 8.85. The molecule has 1 aliphatic carbocycles. The van der Waals surface area contributed by atoms with Crippen molar-refractivity contribution in [2.75, 3.05) is 19.6 Å². The summed E-state index contributed by atoms with van der Waals surface area (Å²) in [6.07, 6.45) is 3.70. The lowest BCUT2D eigenvalue weighted by molar-refractivity contribution is -0.144. The standard InChI is InChI=1S/C19H27FN2O2/c1-3-13-22(14-4-2)18(24)19(10-11-19)17(23)21-12-9-15-5-7-16(20)8-6-15/h5-8H,3-4,9-14H2,1-2H3,(H,21,23). The molecule has 0 aromatic heterocycles. The SMILES string of the molecule is CCCN(CCC)C(=O)C1(C(=O)NCCc2ccc(F)cc2)CC1. The van der Waals surface area contributed by atoms with Gasteiger partial charge in [-0.25, -0.2) is 4.39 Å². The Bertz CT molecular complexity index is 561. The lowest BCUT2D eigenvalue weighted by Gasteiger charge is -2.26. The van der Waals surface area contributed by atoms with Crippen molar-refractivity contribution in [3.05, 3.63) is 35.6 Å². The van der Waals surface area contributed by atoms with Crippen molar-refractivity contribution in [2.45, 2.75) is 46.0 Å². The highest BCUT2D eigenvalue weighted by Gasteiger charge is 2.57. The van der Waals surface area contributed by atoms with Crippen LogP contribution in [-0.4, -0.2) is 36.3 Å². The first-order valence-corrected chi connectivity index (χ1v) is 8.85. The van der Waals surface area contributed by atoms with E-state index in [9.17, 15) is 14.0 Å². The summed E-state index contributed by atoms with van der Waals surface area (Å²) in [7, 11) is 0. The summed E-state index contributed by atoms with van der Waals surface area (Å²) in [6, 6.07) is 6.25. The molecule has 0 heterocycles. The van der Waals surface area contributed by atoms with E-state index >= 15 is 0 Å². The lowest BCUT2D eigenvalue weighted by atomic mass is 10.0. The third-order valence-electron chi connectivity index (χ3n) is 4.48. The molecule has 1 saturated carbocycles. The van der Waals surface area contributed by atoms with Gasteiger partial charge in [0.1, 0.15) is 11.2 Å². The zero-order valence-electron chi connectivity index (χ0n) is 14.6. The van der Waals surface area contributed by atoms with Gasteiger partial charge in [-0.3, -0.25) is 9.59 Å². The van der Waals surface area contributed by atoms with Crippen LogP contribution >= 0.6 is 0 Å². The zero-order valence-corrected chi connectivity index (χ0v) is 14.6. The average Bonchev–Trinajstić information content (AvgIpc) is 3.37. The van der Waals surface area contributed by atoms with Gasteiger partial charge in [-0.2, -0.15) is 0 Å². The summed E-state index contributed by atoms with van der Waals surface area (Å²) in [5, 5.41) is 2.89. The smallest absolute Gasteiger partial charge is 0.238 e. The Balaban J connectivity index is 1.88. The number of hydrogen-bond donors (Lipinski definition) is 1. The number of halogens is 1. The summed E-state index contributed by atoms with van der Waals surface area (Å²) >= 11 is 0. The van der Waals surface area contributed by atoms with E-state index in [4.69, 9.17) is 0 Å². The molecule has 0 aliphatic heterocycles. The summed E-state index contributed by atoms with van der Waals surface area (Å²) < 4.78 is 12.9. The van der Waals surface area contributed by atoms with Crippen LogP contribution in [0, 0.1) is 11.2 Å². The third kappa shape index (κ3) is 4.34. The molecule has 24 heavy (non-hydrogen) atoms. The molecule has 1 aliphatic rings. The Morgan fingerprint density at radius 2 is 1.71 bits per heavy atom. The van der Waals surface area contributed by atoms with Crippen molar-refractivity contribution >= 4 is 11.8 Å². The highest BCUT2D eigenvalue weighted by molar-refractivity contribution is 6.07. The molecule has 5 heteroatoms. The van der Waals surface area contributed by atoms with Crippen LogP contribution in [0.2, 0.25) is 0 Å². The number of nitrogens with zero attached hydrogens (tertiary/aromatic N) is 1. The van der Waals surface area contributed by atoms with Crippen LogP contribution in [0.4, 0.5) is 4.39 Å². The minimum Gasteiger partial charge on any atom is -0.355 e. The zero-order chi connectivity index (χ0) is 17.6. The van der Waals surface area contributed by atoms with E-state index in [1.54, 1.807) is 12.1 Å². The van der Waals surface area contributed by atoms with E-state index in [0.717, 1.165) is 18.4 Å². The van der Waals surface area contributed by atoms with Crippen molar-refractivity contribution < 1.29 is 14.0 Å². The van der Waals surface area contributed by atoms with Crippen LogP contribution in [0.1, 0.15) is 45.1 Å². The van der Waals surface area contributed by atoms with Crippen molar-refractivity contribution in [2.24, 2.45) is 5.41 Å². The average molecular weight is 334 g/mol. The molecule has 2 rings (SSSR count). The second-order valence-electron chi connectivity index (χ2n) is 6.51. The van der Waals surface area contributed by atoms with E-state index in [2.05, 4.69) is 5.32 Å². The molecule has 1 fully saturated rings. The number of benzene rings is 1. The number of amides is 2. The second kappa shape index (κ2) is 8.27. The van der Waals surface area contributed by atoms with Gasteiger partial charge < -0.3 is 10.2 Å².